The normalized spacial score (nSPS) is 14.3. The predicted octanol–water partition coefficient (Wildman–Crippen LogP) is 3.27. The molecule has 172 valence electrons. The van der Waals surface area contributed by atoms with Crippen molar-refractivity contribution in [2.75, 3.05) is 31.5 Å². The number of imidazole rings is 1. The van der Waals surface area contributed by atoms with Crippen molar-refractivity contribution in [3.63, 3.8) is 0 Å². The molecule has 2 aromatic rings. The number of piperazine rings is 1. The van der Waals surface area contributed by atoms with E-state index < -0.39 is 29.3 Å². The van der Waals surface area contributed by atoms with Crippen LogP contribution in [-0.2, 0) is 11.8 Å². The van der Waals surface area contributed by atoms with Gasteiger partial charge in [0.25, 0.3) is 11.8 Å². The van der Waals surface area contributed by atoms with Crippen LogP contribution in [0, 0.1) is 5.82 Å². The van der Waals surface area contributed by atoms with Crippen LogP contribution in [-0.4, -0.2) is 69.0 Å². The molecule has 32 heavy (non-hydrogen) atoms. The lowest BCUT2D eigenvalue weighted by atomic mass is 10.1. The van der Waals surface area contributed by atoms with Crippen LogP contribution in [0.25, 0.3) is 0 Å². The summed E-state index contributed by atoms with van der Waals surface area (Å²) in [6.07, 6.45) is 1.05. The molecule has 3 amide bonds. The molecular weight excluding hydrogens is 485 g/mol. The van der Waals surface area contributed by atoms with Gasteiger partial charge in [-0.2, -0.15) is 0 Å². The Kier molecular flexibility index (Phi) is 6.87. The van der Waals surface area contributed by atoms with E-state index >= 15 is 0 Å². The SMILES string of the molecule is Cn1c(Br)cnc1C(=O)Nc1ccc(C(=O)N2CCN(C(=O)OC(C)(C)C)CC2)c(F)c1. The van der Waals surface area contributed by atoms with Crippen molar-refractivity contribution in [1.82, 2.24) is 19.4 Å². The maximum absolute atomic E-state index is 14.7. The first kappa shape index (κ1) is 23.7. The third-order valence-corrected chi connectivity index (χ3v) is 5.55. The Hall–Kier alpha value is -2.95. The first-order valence-corrected chi connectivity index (χ1v) is 10.8. The van der Waals surface area contributed by atoms with Gasteiger partial charge in [0.05, 0.1) is 11.8 Å². The van der Waals surface area contributed by atoms with Crippen LogP contribution in [0.2, 0.25) is 0 Å². The molecule has 1 aliphatic rings. The molecule has 0 radical (unpaired) electrons. The average molecular weight is 510 g/mol. The average Bonchev–Trinajstić information content (AvgIpc) is 3.05. The van der Waals surface area contributed by atoms with Gasteiger partial charge in [0.15, 0.2) is 5.82 Å². The number of amides is 3. The van der Waals surface area contributed by atoms with Gasteiger partial charge in [-0.1, -0.05) is 0 Å². The molecule has 1 aliphatic heterocycles. The number of halogens is 2. The summed E-state index contributed by atoms with van der Waals surface area (Å²) in [5, 5.41) is 2.57. The second-order valence-electron chi connectivity index (χ2n) is 8.37. The number of nitrogens with one attached hydrogen (secondary N) is 1. The van der Waals surface area contributed by atoms with Crippen molar-refractivity contribution in [2.45, 2.75) is 26.4 Å². The van der Waals surface area contributed by atoms with Crippen LogP contribution in [0.4, 0.5) is 14.9 Å². The second-order valence-corrected chi connectivity index (χ2v) is 9.18. The van der Waals surface area contributed by atoms with Crippen molar-refractivity contribution in [3.05, 3.63) is 46.2 Å². The van der Waals surface area contributed by atoms with E-state index in [1.165, 1.54) is 28.1 Å². The van der Waals surface area contributed by atoms with Gasteiger partial charge in [-0.3, -0.25) is 9.59 Å². The number of anilines is 1. The Morgan fingerprint density at radius 1 is 1.12 bits per heavy atom. The second kappa shape index (κ2) is 9.27. The molecule has 1 aromatic heterocycles. The molecule has 0 atom stereocenters. The van der Waals surface area contributed by atoms with E-state index in [0.717, 1.165) is 6.07 Å². The van der Waals surface area contributed by atoms with Crippen molar-refractivity contribution in [1.29, 1.82) is 0 Å². The summed E-state index contributed by atoms with van der Waals surface area (Å²) in [6, 6.07) is 3.89. The van der Waals surface area contributed by atoms with E-state index in [1.807, 2.05) is 0 Å². The highest BCUT2D eigenvalue weighted by Gasteiger charge is 2.29. The number of hydrogen-bond acceptors (Lipinski definition) is 5. The van der Waals surface area contributed by atoms with E-state index in [0.29, 0.717) is 17.7 Å². The largest absolute Gasteiger partial charge is 0.444 e. The summed E-state index contributed by atoms with van der Waals surface area (Å²) in [5.74, 6) is -1.57. The Balaban J connectivity index is 1.61. The Bertz CT molecular complexity index is 1040. The number of nitrogens with zero attached hydrogens (tertiary/aromatic N) is 4. The number of rotatable bonds is 3. The van der Waals surface area contributed by atoms with Crippen LogP contribution >= 0.6 is 15.9 Å². The lowest BCUT2D eigenvalue weighted by Crippen LogP contribution is -2.51. The summed E-state index contributed by atoms with van der Waals surface area (Å²) in [5.41, 5.74) is -0.497. The van der Waals surface area contributed by atoms with Gasteiger partial charge in [-0.05, 0) is 54.9 Å². The van der Waals surface area contributed by atoms with E-state index in [9.17, 15) is 18.8 Å². The standard InChI is InChI=1S/C21H25BrFN5O4/c1-21(2,3)32-20(31)28-9-7-27(8-10-28)19(30)14-6-5-13(11-15(14)23)25-18(29)17-24-12-16(22)26(17)4/h5-6,11-12H,7-10H2,1-4H3,(H,25,29). The van der Waals surface area contributed by atoms with Gasteiger partial charge in [0.2, 0.25) is 0 Å². The predicted molar refractivity (Wildman–Crippen MR) is 119 cm³/mol. The molecule has 11 heteroatoms. The van der Waals surface area contributed by atoms with Gasteiger partial charge in [0, 0.05) is 38.9 Å². The zero-order valence-corrected chi connectivity index (χ0v) is 19.9. The molecule has 1 aromatic carbocycles. The topological polar surface area (TPSA) is 96.8 Å². The summed E-state index contributed by atoms with van der Waals surface area (Å²) < 4.78 is 22.2. The van der Waals surface area contributed by atoms with Gasteiger partial charge in [-0.15, -0.1) is 0 Å². The van der Waals surface area contributed by atoms with Crippen molar-refractivity contribution in [2.24, 2.45) is 7.05 Å². The fourth-order valence-corrected chi connectivity index (χ4v) is 3.41. The molecule has 9 nitrogen and oxygen atoms in total. The molecule has 1 N–H and O–H groups in total. The molecule has 0 saturated carbocycles. The van der Waals surface area contributed by atoms with Crippen molar-refractivity contribution >= 4 is 39.5 Å². The third-order valence-electron chi connectivity index (χ3n) is 4.81. The van der Waals surface area contributed by atoms with E-state index in [-0.39, 0.29) is 30.2 Å². The van der Waals surface area contributed by atoms with E-state index in [2.05, 4.69) is 26.2 Å². The van der Waals surface area contributed by atoms with Crippen LogP contribution in [0.5, 0.6) is 0 Å². The number of hydrogen-bond donors (Lipinski definition) is 1. The minimum absolute atomic E-state index is 0.103. The van der Waals surface area contributed by atoms with Crippen molar-refractivity contribution in [3.8, 4) is 0 Å². The highest BCUT2D eigenvalue weighted by atomic mass is 79.9. The smallest absolute Gasteiger partial charge is 0.410 e. The summed E-state index contributed by atoms with van der Waals surface area (Å²) in [6.45, 7) is 6.50. The lowest BCUT2D eigenvalue weighted by molar-refractivity contribution is 0.0140. The number of aromatic nitrogens is 2. The highest BCUT2D eigenvalue weighted by molar-refractivity contribution is 9.10. The van der Waals surface area contributed by atoms with Crippen LogP contribution in [0.3, 0.4) is 0 Å². The summed E-state index contributed by atoms with van der Waals surface area (Å²) >= 11 is 3.26. The number of carbonyl (C=O) groups excluding carboxylic acids is 3. The molecule has 1 fully saturated rings. The van der Waals surface area contributed by atoms with Gasteiger partial charge in [0.1, 0.15) is 16.0 Å². The lowest BCUT2D eigenvalue weighted by Gasteiger charge is -2.35. The minimum atomic E-state index is -0.747. The Labute approximate surface area is 193 Å². The van der Waals surface area contributed by atoms with Crippen LogP contribution < -0.4 is 5.32 Å². The van der Waals surface area contributed by atoms with Gasteiger partial charge in [-0.25, -0.2) is 14.2 Å². The van der Waals surface area contributed by atoms with Gasteiger partial charge < -0.3 is 24.4 Å². The first-order chi connectivity index (χ1) is 15.0. The molecule has 2 heterocycles. The zero-order valence-electron chi connectivity index (χ0n) is 18.3. The van der Waals surface area contributed by atoms with Crippen LogP contribution in [0.1, 0.15) is 41.7 Å². The summed E-state index contributed by atoms with van der Waals surface area (Å²) in [7, 11) is 1.66. The number of carbonyl (C=O) groups is 3. The maximum atomic E-state index is 14.7. The summed E-state index contributed by atoms with van der Waals surface area (Å²) in [4.78, 5) is 44.3. The molecule has 0 aliphatic carbocycles. The molecule has 0 spiro atoms. The fourth-order valence-electron chi connectivity index (χ4n) is 3.14. The molecular formula is C21H25BrFN5O4. The minimum Gasteiger partial charge on any atom is -0.444 e. The number of ether oxygens (including phenoxy) is 1. The van der Waals surface area contributed by atoms with Gasteiger partial charge >= 0.3 is 6.09 Å². The molecule has 0 bridgehead atoms. The van der Waals surface area contributed by atoms with E-state index in [4.69, 9.17) is 4.74 Å². The Morgan fingerprint density at radius 3 is 2.28 bits per heavy atom. The molecule has 1 saturated heterocycles. The monoisotopic (exact) mass is 509 g/mol. The maximum Gasteiger partial charge on any atom is 0.410 e. The first-order valence-electron chi connectivity index (χ1n) is 10.0. The molecule has 3 rings (SSSR count). The Morgan fingerprint density at radius 2 is 1.75 bits per heavy atom. The molecule has 0 unspecified atom stereocenters. The quantitative estimate of drug-likeness (QED) is 0.684. The zero-order chi connectivity index (χ0) is 23.6. The number of benzene rings is 1. The van der Waals surface area contributed by atoms with E-state index in [1.54, 1.807) is 32.4 Å². The van der Waals surface area contributed by atoms with Crippen molar-refractivity contribution < 1.29 is 23.5 Å². The van der Waals surface area contributed by atoms with Crippen LogP contribution in [0.15, 0.2) is 29.0 Å². The highest BCUT2D eigenvalue weighted by Crippen LogP contribution is 2.19. The third kappa shape index (κ3) is 5.45. The fraction of sp³-hybridized carbons (Fsp3) is 0.429.